The van der Waals surface area contributed by atoms with Crippen LogP contribution in [0.25, 0.3) is 0 Å². The normalized spacial score (nSPS) is 10.9. The Kier molecular flexibility index (Phi) is 8.43. The van der Waals surface area contributed by atoms with Crippen LogP contribution in [0.5, 0.6) is 0 Å². The maximum atomic E-state index is 13.3. The fourth-order valence-electron chi connectivity index (χ4n) is 3.56. The number of hydrogen-bond donors (Lipinski definition) is 1. The maximum absolute atomic E-state index is 13.3. The molecule has 0 spiro atoms. The van der Waals surface area contributed by atoms with Crippen molar-refractivity contribution in [2.75, 3.05) is 22.8 Å². The van der Waals surface area contributed by atoms with Crippen molar-refractivity contribution in [3.8, 4) is 0 Å². The molecular formula is C27H28N2O5S. The first-order chi connectivity index (χ1) is 16.8. The van der Waals surface area contributed by atoms with Gasteiger partial charge in [0.25, 0.3) is 15.9 Å². The van der Waals surface area contributed by atoms with E-state index in [0.717, 1.165) is 17.5 Å². The van der Waals surface area contributed by atoms with Crippen molar-refractivity contribution in [1.29, 1.82) is 0 Å². The number of nitrogens with zero attached hydrogens (tertiary/aromatic N) is 1. The van der Waals surface area contributed by atoms with E-state index in [2.05, 4.69) is 11.9 Å². The van der Waals surface area contributed by atoms with Crippen molar-refractivity contribution >= 4 is 33.3 Å². The number of anilines is 2. The molecular weight excluding hydrogens is 464 g/mol. The van der Waals surface area contributed by atoms with Gasteiger partial charge in [0.1, 0.15) is 0 Å². The molecule has 3 aromatic carbocycles. The highest BCUT2D eigenvalue weighted by Gasteiger charge is 2.25. The average molecular weight is 493 g/mol. The summed E-state index contributed by atoms with van der Waals surface area (Å²) in [5.41, 5.74) is 3.08. The van der Waals surface area contributed by atoms with E-state index in [1.165, 1.54) is 34.6 Å². The molecule has 35 heavy (non-hydrogen) atoms. The van der Waals surface area contributed by atoms with Crippen LogP contribution in [0.3, 0.4) is 0 Å². The number of sulfonamides is 1. The van der Waals surface area contributed by atoms with Gasteiger partial charge >= 0.3 is 5.97 Å². The fraction of sp³-hybridized carbons (Fsp3) is 0.185. The number of para-hydroxylation sites is 2. The van der Waals surface area contributed by atoms with E-state index in [4.69, 9.17) is 4.74 Å². The Labute approximate surface area is 206 Å². The van der Waals surface area contributed by atoms with E-state index in [1.54, 1.807) is 30.3 Å². The van der Waals surface area contributed by atoms with Crippen LogP contribution in [0.2, 0.25) is 0 Å². The number of ether oxygens (including phenoxy) is 1. The minimum atomic E-state index is -3.98. The van der Waals surface area contributed by atoms with Gasteiger partial charge in [0.05, 0.1) is 22.7 Å². The van der Waals surface area contributed by atoms with Gasteiger partial charge in [0.2, 0.25) is 0 Å². The number of hydrogen-bond acceptors (Lipinski definition) is 5. The van der Waals surface area contributed by atoms with Crippen LogP contribution >= 0.6 is 0 Å². The number of esters is 1. The molecule has 1 amide bonds. The maximum Gasteiger partial charge on any atom is 0.338 e. The van der Waals surface area contributed by atoms with Crippen molar-refractivity contribution < 1.29 is 22.7 Å². The van der Waals surface area contributed by atoms with Crippen LogP contribution in [0.15, 0.2) is 90.3 Å². The Hall–Kier alpha value is -3.91. The van der Waals surface area contributed by atoms with Crippen molar-refractivity contribution in [2.24, 2.45) is 0 Å². The third-order valence-corrected chi connectivity index (χ3v) is 7.13. The summed E-state index contributed by atoms with van der Waals surface area (Å²) in [6.07, 6.45) is 2.23. The largest absolute Gasteiger partial charge is 0.452 e. The first-order valence-electron chi connectivity index (χ1n) is 11.1. The van der Waals surface area contributed by atoms with E-state index < -0.39 is 28.5 Å². The van der Waals surface area contributed by atoms with Gasteiger partial charge in [-0.25, -0.2) is 13.2 Å². The third-order valence-electron chi connectivity index (χ3n) is 5.34. The lowest BCUT2D eigenvalue weighted by Gasteiger charge is -2.23. The van der Waals surface area contributed by atoms with Gasteiger partial charge in [-0.05, 0) is 54.8 Å². The Bertz CT molecular complexity index is 1320. The first kappa shape index (κ1) is 25.7. The Morgan fingerprint density at radius 3 is 2.43 bits per heavy atom. The number of nitrogens with one attached hydrogen (secondary N) is 1. The molecule has 0 radical (unpaired) electrons. The molecule has 0 aromatic heterocycles. The zero-order valence-electron chi connectivity index (χ0n) is 19.7. The Morgan fingerprint density at radius 2 is 1.74 bits per heavy atom. The van der Waals surface area contributed by atoms with Crippen molar-refractivity contribution in [2.45, 2.75) is 25.2 Å². The summed E-state index contributed by atoms with van der Waals surface area (Å²) in [7, 11) is -3.98. The van der Waals surface area contributed by atoms with Crippen molar-refractivity contribution in [3.63, 3.8) is 0 Å². The summed E-state index contributed by atoms with van der Waals surface area (Å²) in [5.74, 6) is -1.28. The third kappa shape index (κ3) is 6.16. The van der Waals surface area contributed by atoms with E-state index in [9.17, 15) is 18.0 Å². The van der Waals surface area contributed by atoms with E-state index in [0.29, 0.717) is 11.4 Å². The zero-order chi connectivity index (χ0) is 25.4. The number of rotatable bonds is 10. The molecule has 3 aromatic rings. The first-order valence-corrected chi connectivity index (χ1v) is 12.6. The zero-order valence-corrected chi connectivity index (χ0v) is 20.5. The van der Waals surface area contributed by atoms with Crippen LogP contribution in [-0.4, -0.2) is 33.4 Å². The fourth-order valence-corrected chi connectivity index (χ4v) is 5.04. The molecule has 0 saturated heterocycles. The molecule has 0 aliphatic rings. The summed E-state index contributed by atoms with van der Waals surface area (Å²) in [6.45, 7) is 7.08. The Balaban J connectivity index is 1.74. The summed E-state index contributed by atoms with van der Waals surface area (Å²) in [5, 5.41) is 2.79. The van der Waals surface area contributed by atoms with Crippen LogP contribution < -0.4 is 9.62 Å². The number of aryl methyl sites for hydroxylation is 2. The highest BCUT2D eigenvalue weighted by atomic mass is 32.2. The number of carbonyl (C=O) groups excluding carboxylic acids is 2. The molecule has 3 rings (SSSR count). The van der Waals surface area contributed by atoms with Gasteiger partial charge in [0.15, 0.2) is 6.61 Å². The molecule has 0 atom stereocenters. The predicted octanol–water partition coefficient (Wildman–Crippen LogP) is 4.73. The predicted molar refractivity (Wildman–Crippen MR) is 137 cm³/mol. The minimum Gasteiger partial charge on any atom is -0.452 e. The topological polar surface area (TPSA) is 92.8 Å². The van der Waals surface area contributed by atoms with Crippen molar-refractivity contribution in [3.05, 3.63) is 102 Å². The van der Waals surface area contributed by atoms with Crippen LogP contribution in [0, 0.1) is 6.92 Å². The van der Waals surface area contributed by atoms with Crippen LogP contribution in [0.1, 0.15) is 28.4 Å². The molecule has 0 unspecified atom stereocenters. The molecule has 0 bridgehead atoms. The SMILES string of the molecule is C=CCN(c1ccccc1)S(=O)(=O)c1cccc(C(=O)OCC(=O)Nc2c(C)cccc2CC)c1. The molecule has 182 valence electrons. The van der Waals surface area contributed by atoms with Gasteiger partial charge < -0.3 is 10.1 Å². The second-order valence-corrected chi connectivity index (χ2v) is 9.64. The summed E-state index contributed by atoms with van der Waals surface area (Å²) in [6, 6.07) is 19.9. The monoisotopic (exact) mass is 492 g/mol. The highest BCUT2D eigenvalue weighted by molar-refractivity contribution is 7.92. The standard InChI is InChI=1S/C27H28N2O5S/c1-4-17-29(23-14-7-6-8-15-23)35(32,33)24-16-10-13-22(18-24)27(31)34-19-25(30)28-26-20(3)11-9-12-21(26)5-2/h4,6-16,18H,1,5,17,19H2,2-3H3,(H,28,30). The van der Waals surface area contributed by atoms with Gasteiger partial charge in [0, 0.05) is 5.69 Å². The second-order valence-electron chi connectivity index (χ2n) is 7.78. The molecule has 0 saturated carbocycles. The lowest BCUT2D eigenvalue weighted by Crippen LogP contribution is -2.31. The Morgan fingerprint density at radius 1 is 1.03 bits per heavy atom. The molecule has 1 N–H and O–H groups in total. The lowest BCUT2D eigenvalue weighted by molar-refractivity contribution is -0.119. The smallest absolute Gasteiger partial charge is 0.338 e. The molecule has 0 heterocycles. The highest BCUT2D eigenvalue weighted by Crippen LogP contribution is 2.24. The summed E-state index contributed by atoms with van der Waals surface area (Å²) >= 11 is 0. The van der Waals surface area contributed by atoms with E-state index in [-0.39, 0.29) is 17.0 Å². The number of amides is 1. The summed E-state index contributed by atoms with van der Waals surface area (Å²) < 4.78 is 33.0. The molecule has 8 heteroatoms. The van der Waals surface area contributed by atoms with Gasteiger partial charge in [-0.3, -0.25) is 9.10 Å². The average Bonchev–Trinajstić information content (AvgIpc) is 2.87. The quantitative estimate of drug-likeness (QED) is 0.326. The van der Waals surface area contributed by atoms with Gasteiger partial charge in [-0.1, -0.05) is 55.5 Å². The molecule has 0 aliphatic carbocycles. The van der Waals surface area contributed by atoms with Gasteiger partial charge in [-0.2, -0.15) is 0 Å². The second kappa shape index (κ2) is 11.5. The van der Waals surface area contributed by atoms with Crippen molar-refractivity contribution in [1.82, 2.24) is 0 Å². The van der Waals surface area contributed by atoms with Crippen LogP contribution in [0.4, 0.5) is 11.4 Å². The summed E-state index contributed by atoms with van der Waals surface area (Å²) in [4.78, 5) is 24.9. The lowest BCUT2D eigenvalue weighted by atomic mass is 10.1. The van der Waals surface area contributed by atoms with E-state index in [1.807, 2.05) is 32.0 Å². The molecule has 0 fully saturated rings. The van der Waals surface area contributed by atoms with Gasteiger partial charge in [-0.15, -0.1) is 6.58 Å². The minimum absolute atomic E-state index is 0.0237. The van der Waals surface area contributed by atoms with E-state index >= 15 is 0 Å². The number of carbonyl (C=O) groups is 2. The molecule has 7 nitrogen and oxygen atoms in total. The van der Waals surface area contributed by atoms with Crippen LogP contribution in [-0.2, 0) is 26.0 Å². The number of benzene rings is 3. The molecule has 0 aliphatic heterocycles.